The summed E-state index contributed by atoms with van der Waals surface area (Å²) in [4.78, 5) is 11.6. The molecule has 7 nitrogen and oxygen atoms in total. The normalized spacial score (nSPS) is 10.2. The summed E-state index contributed by atoms with van der Waals surface area (Å²) in [5.41, 5.74) is 0. The number of thiocarbonyl (C=S) groups is 1. The molecule has 0 saturated heterocycles. The van der Waals surface area contributed by atoms with Crippen LogP contribution in [-0.2, 0) is 11.3 Å². The van der Waals surface area contributed by atoms with E-state index in [0.717, 1.165) is 25.7 Å². The first-order chi connectivity index (χ1) is 9.17. The Balaban J connectivity index is 2.37. The molecule has 0 bridgehead atoms. The molecule has 2 N–H and O–H groups in total. The fraction of sp³-hybridized carbons (Fsp3) is 0.727. The van der Waals surface area contributed by atoms with Gasteiger partial charge in [-0.25, -0.2) is 4.68 Å². The molecule has 1 rings (SSSR count). The maximum atomic E-state index is 11.6. The summed E-state index contributed by atoms with van der Waals surface area (Å²) in [6.07, 6.45) is 4.40. The third-order valence-electron chi connectivity index (χ3n) is 2.45. The first-order valence-electron chi connectivity index (χ1n) is 6.54. The highest BCUT2D eigenvalue weighted by atomic mass is 32.1. The molecule has 0 aliphatic carbocycles. The molecular formula is C11H20N6OS. The van der Waals surface area contributed by atoms with E-state index in [0.29, 0.717) is 18.9 Å². The third kappa shape index (κ3) is 5.73. The minimum Gasteiger partial charge on any atom is -0.303 e. The van der Waals surface area contributed by atoms with Gasteiger partial charge in [0.15, 0.2) is 5.11 Å². The second-order valence-corrected chi connectivity index (χ2v) is 4.59. The number of hydrogen-bond acceptors (Lipinski definition) is 5. The van der Waals surface area contributed by atoms with Gasteiger partial charge in [-0.3, -0.25) is 10.1 Å². The molecule has 0 aromatic carbocycles. The average molecular weight is 284 g/mol. The summed E-state index contributed by atoms with van der Waals surface area (Å²) in [5, 5.41) is 16.9. The molecule has 0 atom stereocenters. The van der Waals surface area contributed by atoms with Gasteiger partial charge < -0.3 is 5.32 Å². The average Bonchev–Trinajstić information content (AvgIpc) is 2.77. The summed E-state index contributed by atoms with van der Waals surface area (Å²) in [5.74, 6) is 0.362. The minimum atomic E-state index is -0.0829. The molecule has 0 fully saturated rings. The van der Waals surface area contributed by atoms with E-state index in [1.165, 1.54) is 0 Å². The van der Waals surface area contributed by atoms with Crippen LogP contribution in [0.25, 0.3) is 0 Å². The van der Waals surface area contributed by atoms with Crippen molar-refractivity contribution >= 4 is 29.2 Å². The van der Waals surface area contributed by atoms with E-state index >= 15 is 0 Å². The van der Waals surface area contributed by atoms with Crippen LogP contribution in [-0.4, -0.2) is 31.2 Å². The lowest BCUT2D eigenvalue weighted by molar-refractivity contribution is -0.119. The van der Waals surface area contributed by atoms with Crippen LogP contribution in [0.5, 0.6) is 0 Å². The monoisotopic (exact) mass is 284 g/mol. The molecule has 1 aromatic heterocycles. The van der Waals surface area contributed by atoms with Crippen molar-refractivity contribution in [2.75, 3.05) is 5.32 Å². The molecule has 0 aliphatic rings. The number of nitrogens with zero attached hydrogens (tertiary/aromatic N) is 4. The molecule has 0 saturated carbocycles. The van der Waals surface area contributed by atoms with Crippen molar-refractivity contribution < 1.29 is 4.79 Å². The zero-order chi connectivity index (χ0) is 14.1. The van der Waals surface area contributed by atoms with Gasteiger partial charge in [0.05, 0.1) is 0 Å². The first-order valence-corrected chi connectivity index (χ1v) is 6.95. The predicted octanol–water partition coefficient (Wildman–Crippen LogP) is 1.48. The van der Waals surface area contributed by atoms with Gasteiger partial charge in [-0.15, -0.1) is 0 Å². The Labute approximate surface area is 118 Å². The van der Waals surface area contributed by atoms with E-state index < -0.39 is 0 Å². The van der Waals surface area contributed by atoms with Crippen LogP contribution in [0.4, 0.5) is 5.95 Å². The van der Waals surface area contributed by atoms with Crippen LogP contribution < -0.4 is 10.6 Å². The number of hydrogen-bond donors (Lipinski definition) is 2. The number of tetrazole rings is 1. The van der Waals surface area contributed by atoms with Crippen LogP contribution in [0.15, 0.2) is 0 Å². The minimum absolute atomic E-state index is 0.0829. The van der Waals surface area contributed by atoms with Gasteiger partial charge in [0, 0.05) is 13.0 Å². The van der Waals surface area contributed by atoms with Crippen LogP contribution in [0.3, 0.4) is 0 Å². The van der Waals surface area contributed by atoms with E-state index in [-0.39, 0.29) is 11.0 Å². The lowest BCUT2D eigenvalue weighted by atomic mass is 10.2. The van der Waals surface area contributed by atoms with Crippen molar-refractivity contribution in [1.82, 2.24) is 25.5 Å². The summed E-state index contributed by atoms with van der Waals surface area (Å²) >= 11 is 5.05. The Hall–Kier alpha value is -1.57. The van der Waals surface area contributed by atoms with E-state index in [9.17, 15) is 4.79 Å². The van der Waals surface area contributed by atoms with Crippen LogP contribution in [0.2, 0.25) is 0 Å². The second-order valence-electron chi connectivity index (χ2n) is 4.19. The molecule has 1 amide bonds. The molecule has 8 heteroatoms. The molecule has 1 heterocycles. The van der Waals surface area contributed by atoms with Crippen LogP contribution in [0, 0.1) is 0 Å². The Bertz CT molecular complexity index is 419. The van der Waals surface area contributed by atoms with Crippen LogP contribution in [0.1, 0.15) is 46.0 Å². The van der Waals surface area contributed by atoms with E-state index in [1.807, 2.05) is 6.92 Å². The number of amides is 1. The van der Waals surface area contributed by atoms with Crippen molar-refractivity contribution in [3.63, 3.8) is 0 Å². The maximum absolute atomic E-state index is 11.6. The van der Waals surface area contributed by atoms with Gasteiger partial charge in [0.25, 0.3) is 0 Å². The summed E-state index contributed by atoms with van der Waals surface area (Å²) in [6, 6.07) is 0. The number of carbonyl (C=O) groups is 1. The van der Waals surface area contributed by atoms with Crippen molar-refractivity contribution in [3.05, 3.63) is 0 Å². The Morgan fingerprint density at radius 3 is 2.79 bits per heavy atom. The number of aryl methyl sites for hydroxylation is 1. The fourth-order valence-electron chi connectivity index (χ4n) is 1.51. The van der Waals surface area contributed by atoms with Crippen molar-refractivity contribution in [1.29, 1.82) is 0 Å². The van der Waals surface area contributed by atoms with Gasteiger partial charge in [0.2, 0.25) is 11.9 Å². The third-order valence-corrected chi connectivity index (χ3v) is 2.66. The second kappa shape index (κ2) is 8.52. The highest BCUT2D eigenvalue weighted by Gasteiger charge is 2.09. The molecule has 0 unspecified atom stereocenters. The molecule has 0 aliphatic heterocycles. The molecule has 0 radical (unpaired) electrons. The van der Waals surface area contributed by atoms with Gasteiger partial charge in [-0.1, -0.05) is 31.8 Å². The highest BCUT2D eigenvalue weighted by molar-refractivity contribution is 7.80. The molecule has 106 valence electrons. The maximum Gasteiger partial charge on any atom is 0.249 e. The predicted molar refractivity (Wildman–Crippen MR) is 76.6 cm³/mol. The number of aromatic nitrogens is 4. The summed E-state index contributed by atoms with van der Waals surface area (Å²) < 4.78 is 1.61. The van der Waals surface area contributed by atoms with Crippen LogP contribution >= 0.6 is 12.2 Å². The van der Waals surface area contributed by atoms with Crippen molar-refractivity contribution in [2.45, 2.75) is 52.5 Å². The smallest absolute Gasteiger partial charge is 0.249 e. The Morgan fingerprint density at radius 2 is 2.11 bits per heavy atom. The fourth-order valence-corrected chi connectivity index (χ4v) is 1.72. The van der Waals surface area contributed by atoms with E-state index in [2.05, 4.69) is 33.1 Å². The zero-order valence-electron chi connectivity index (χ0n) is 11.3. The molecular weight excluding hydrogens is 264 g/mol. The van der Waals surface area contributed by atoms with Crippen molar-refractivity contribution in [3.8, 4) is 0 Å². The molecule has 0 spiro atoms. The van der Waals surface area contributed by atoms with E-state index in [4.69, 9.17) is 12.2 Å². The number of anilines is 1. The number of unbranched alkanes of at least 4 members (excludes halogenated alkanes) is 2. The number of carbonyl (C=O) groups excluding carboxylic acids is 1. The lowest BCUT2D eigenvalue weighted by Crippen LogP contribution is -2.34. The van der Waals surface area contributed by atoms with Gasteiger partial charge in [0.1, 0.15) is 0 Å². The lowest BCUT2D eigenvalue weighted by Gasteiger charge is -2.08. The zero-order valence-corrected chi connectivity index (χ0v) is 12.2. The topological polar surface area (TPSA) is 84.7 Å². The largest absolute Gasteiger partial charge is 0.303 e. The van der Waals surface area contributed by atoms with Gasteiger partial charge >= 0.3 is 0 Å². The first kappa shape index (κ1) is 15.5. The van der Waals surface area contributed by atoms with Gasteiger partial charge in [-0.2, -0.15) is 0 Å². The highest BCUT2D eigenvalue weighted by Crippen LogP contribution is 2.01. The van der Waals surface area contributed by atoms with Gasteiger partial charge in [-0.05, 0) is 35.5 Å². The standard InChI is InChI=1S/C11H20N6OS/c1-3-5-6-7-9(18)12-11(19)13-10-14-15-16-17(10)8-4-2/h3-8H2,1-2H3,(H2,12,13,14,16,18,19). The summed E-state index contributed by atoms with van der Waals surface area (Å²) in [7, 11) is 0. The molecule has 1 aromatic rings. The Kier molecular flexibility index (Phi) is 6.94. The SMILES string of the molecule is CCCCCC(=O)NC(=S)Nc1nnnn1CCC. The Morgan fingerprint density at radius 1 is 1.32 bits per heavy atom. The number of nitrogens with one attached hydrogen (secondary N) is 2. The quantitative estimate of drug-likeness (QED) is 0.583. The molecule has 19 heavy (non-hydrogen) atoms. The van der Waals surface area contributed by atoms with E-state index in [1.54, 1.807) is 4.68 Å². The summed E-state index contributed by atoms with van der Waals surface area (Å²) in [6.45, 7) is 4.82. The number of rotatable bonds is 7. The van der Waals surface area contributed by atoms with Crippen molar-refractivity contribution in [2.24, 2.45) is 0 Å².